The predicted octanol–water partition coefficient (Wildman–Crippen LogP) is 3.77. The Morgan fingerprint density at radius 3 is 2.53 bits per heavy atom. The van der Waals surface area contributed by atoms with Gasteiger partial charge in [0.05, 0.1) is 26.8 Å². The Hall–Kier alpha value is -3.59. The number of ether oxygens (including phenoxy) is 3. The number of anilines is 1. The molecule has 2 atom stereocenters. The second-order valence-corrected chi connectivity index (χ2v) is 8.64. The largest absolute Gasteiger partial charge is 0.497 e. The van der Waals surface area contributed by atoms with Gasteiger partial charge in [-0.25, -0.2) is 9.97 Å². The predicted molar refractivity (Wildman–Crippen MR) is 131 cm³/mol. The molecule has 2 N–H and O–H groups in total. The molecule has 1 saturated heterocycles. The first kappa shape index (κ1) is 22.2. The smallest absolute Gasteiger partial charge is 0.226 e. The summed E-state index contributed by atoms with van der Waals surface area (Å²) in [6.45, 7) is 3.60. The minimum Gasteiger partial charge on any atom is -0.497 e. The van der Waals surface area contributed by atoms with E-state index in [0.29, 0.717) is 18.5 Å². The molecular formula is C25H30N6O3. The van der Waals surface area contributed by atoms with Crippen LogP contribution in [0, 0.1) is 0 Å². The SMILES string of the molecule is COc1ccc(CNc2nc3cc(OC)ccc3c3nc([C@H]4CC[C@@H](C)NC4)nn23)c(OC)c1. The van der Waals surface area contributed by atoms with Gasteiger partial charge in [0.15, 0.2) is 11.5 Å². The van der Waals surface area contributed by atoms with Gasteiger partial charge in [0, 0.05) is 48.1 Å². The highest BCUT2D eigenvalue weighted by atomic mass is 16.5. The van der Waals surface area contributed by atoms with Crippen molar-refractivity contribution in [3.05, 3.63) is 47.8 Å². The Bertz CT molecular complexity index is 1310. The van der Waals surface area contributed by atoms with Crippen LogP contribution in [-0.4, -0.2) is 53.5 Å². The molecule has 9 heteroatoms. The summed E-state index contributed by atoms with van der Waals surface area (Å²) in [5, 5.41) is 12.8. The van der Waals surface area contributed by atoms with Gasteiger partial charge in [0.1, 0.15) is 17.2 Å². The summed E-state index contributed by atoms with van der Waals surface area (Å²) in [4.78, 5) is 9.84. The van der Waals surface area contributed by atoms with E-state index in [2.05, 4.69) is 17.6 Å². The Kier molecular flexibility index (Phi) is 6.10. The Labute approximate surface area is 198 Å². The summed E-state index contributed by atoms with van der Waals surface area (Å²) in [5.74, 6) is 3.97. The maximum absolute atomic E-state index is 5.56. The lowest BCUT2D eigenvalue weighted by atomic mass is 9.95. The molecule has 2 aromatic heterocycles. The van der Waals surface area contributed by atoms with Crippen molar-refractivity contribution in [3.8, 4) is 17.2 Å². The van der Waals surface area contributed by atoms with Gasteiger partial charge in [-0.15, -0.1) is 5.10 Å². The van der Waals surface area contributed by atoms with Crippen molar-refractivity contribution in [1.29, 1.82) is 0 Å². The number of hydrogen-bond acceptors (Lipinski definition) is 8. The number of benzene rings is 2. The van der Waals surface area contributed by atoms with Crippen LogP contribution in [0.15, 0.2) is 36.4 Å². The minimum absolute atomic E-state index is 0.277. The Balaban J connectivity index is 1.55. The van der Waals surface area contributed by atoms with E-state index in [1.165, 1.54) is 0 Å². The van der Waals surface area contributed by atoms with Crippen LogP contribution in [-0.2, 0) is 6.54 Å². The number of hydrogen-bond donors (Lipinski definition) is 2. The molecule has 9 nitrogen and oxygen atoms in total. The van der Waals surface area contributed by atoms with Gasteiger partial charge in [0.2, 0.25) is 5.95 Å². The minimum atomic E-state index is 0.277. The maximum Gasteiger partial charge on any atom is 0.226 e. The molecule has 1 fully saturated rings. The van der Waals surface area contributed by atoms with Crippen LogP contribution in [0.3, 0.4) is 0 Å². The summed E-state index contributed by atoms with van der Waals surface area (Å²) in [6, 6.07) is 12.1. The molecule has 0 bridgehead atoms. The van der Waals surface area contributed by atoms with Crippen molar-refractivity contribution in [2.24, 2.45) is 0 Å². The standard InChI is InChI=1S/C25H30N6O3/c1-15-5-6-17(14-26-15)23-29-24-20-10-9-18(32-2)11-21(20)28-25(31(24)30-23)27-13-16-7-8-19(33-3)12-22(16)34-4/h7-12,15,17,26H,5-6,13-14H2,1-4H3,(H,27,28)/t15-,17+/m1/s1. The van der Waals surface area contributed by atoms with E-state index in [-0.39, 0.29) is 5.92 Å². The van der Waals surface area contributed by atoms with Crippen LogP contribution < -0.4 is 24.8 Å². The fourth-order valence-corrected chi connectivity index (χ4v) is 4.41. The molecule has 0 aliphatic carbocycles. The van der Waals surface area contributed by atoms with E-state index < -0.39 is 0 Å². The van der Waals surface area contributed by atoms with Crippen LogP contribution in [0.2, 0.25) is 0 Å². The molecule has 1 aliphatic heterocycles. The summed E-state index contributed by atoms with van der Waals surface area (Å²) in [5.41, 5.74) is 2.56. The summed E-state index contributed by atoms with van der Waals surface area (Å²) in [6.07, 6.45) is 2.18. The molecule has 0 saturated carbocycles. The molecular weight excluding hydrogens is 432 g/mol. The fourth-order valence-electron chi connectivity index (χ4n) is 4.41. The molecule has 0 amide bonds. The van der Waals surface area contributed by atoms with Crippen molar-refractivity contribution in [2.45, 2.75) is 38.3 Å². The van der Waals surface area contributed by atoms with Gasteiger partial charge in [-0.3, -0.25) is 0 Å². The third kappa shape index (κ3) is 4.19. The number of piperidine rings is 1. The van der Waals surface area contributed by atoms with Gasteiger partial charge < -0.3 is 24.8 Å². The van der Waals surface area contributed by atoms with E-state index >= 15 is 0 Å². The zero-order chi connectivity index (χ0) is 23.7. The highest BCUT2D eigenvalue weighted by Gasteiger charge is 2.24. The molecule has 178 valence electrons. The number of nitrogens with one attached hydrogen (secondary N) is 2. The van der Waals surface area contributed by atoms with E-state index in [4.69, 9.17) is 29.3 Å². The lowest BCUT2D eigenvalue weighted by Gasteiger charge is -2.25. The molecule has 3 heterocycles. The zero-order valence-electron chi connectivity index (χ0n) is 20.0. The average Bonchev–Trinajstić information content (AvgIpc) is 3.33. The third-order valence-corrected chi connectivity index (χ3v) is 6.45. The van der Waals surface area contributed by atoms with Crippen molar-refractivity contribution in [2.75, 3.05) is 33.2 Å². The number of methoxy groups -OCH3 is 3. The number of rotatable bonds is 7. The lowest BCUT2D eigenvalue weighted by Crippen LogP contribution is -2.36. The Morgan fingerprint density at radius 1 is 1.00 bits per heavy atom. The first-order valence-electron chi connectivity index (χ1n) is 11.5. The van der Waals surface area contributed by atoms with Gasteiger partial charge in [-0.1, -0.05) is 0 Å². The van der Waals surface area contributed by atoms with E-state index in [0.717, 1.165) is 64.6 Å². The number of fused-ring (bicyclic) bond motifs is 3. The summed E-state index contributed by atoms with van der Waals surface area (Å²) < 4.78 is 18.1. The second-order valence-electron chi connectivity index (χ2n) is 8.64. The summed E-state index contributed by atoms with van der Waals surface area (Å²) >= 11 is 0. The van der Waals surface area contributed by atoms with Crippen molar-refractivity contribution in [1.82, 2.24) is 24.9 Å². The average molecular weight is 463 g/mol. The third-order valence-electron chi connectivity index (χ3n) is 6.45. The number of nitrogens with zero attached hydrogens (tertiary/aromatic N) is 4. The second kappa shape index (κ2) is 9.34. The van der Waals surface area contributed by atoms with Gasteiger partial charge in [-0.05, 0) is 44.0 Å². The maximum atomic E-state index is 5.56. The van der Waals surface area contributed by atoms with Gasteiger partial charge >= 0.3 is 0 Å². The Morgan fingerprint density at radius 2 is 1.79 bits per heavy atom. The summed E-state index contributed by atoms with van der Waals surface area (Å²) in [7, 11) is 4.95. The number of aromatic nitrogens is 4. The first-order chi connectivity index (χ1) is 16.6. The van der Waals surface area contributed by atoms with Crippen molar-refractivity contribution in [3.63, 3.8) is 0 Å². The monoisotopic (exact) mass is 462 g/mol. The van der Waals surface area contributed by atoms with Crippen molar-refractivity contribution >= 4 is 22.5 Å². The molecule has 0 unspecified atom stereocenters. The van der Waals surface area contributed by atoms with E-state index in [1.54, 1.807) is 21.3 Å². The molecule has 2 aromatic carbocycles. The first-order valence-corrected chi connectivity index (χ1v) is 11.5. The van der Waals surface area contributed by atoms with Crippen LogP contribution in [0.1, 0.15) is 37.1 Å². The van der Waals surface area contributed by atoms with Gasteiger partial charge in [-0.2, -0.15) is 4.52 Å². The highest BCUT2D eigenvalue weighted by Crippen LogP contribution is 2.29. The van der Waals surface area contributed by atoms with Crippen LogP contribution in [0.4, 0.5) is 5.95 Å². The zero-order valence-corrected chi connectivity index (χ0v) is 20.0. The lowest BCUT2D eigenvalue weighted by molar-refractivity contribution is 0.376. The molecule has 1 aliphatic rings. The highest BCUT2D eigenvalue weighted by molar-refractivity contribution is 5.93. The van der Waals surface area contributed by atoms with Crippen LogP contribution >= 0.6 is 0 Å². The molecule has 34 heavy (non-hydrogen) atoms. The quantitative estimate of drug-likeness (QED) is 0.429. The normalized spacial score (nSPS) is 18.2. The topological polar surface area (TPSA) is 94.8 Å². The van der Waals surface area contributed by atoms with Gasteiger partial charge in [0.25, 0.3) is 0 Å². The molecule has 5 rings (SSSR count). The molecule has 0 radical (unpaired) electrons. The fraction of sp³-hybridized carbons (Fsp3) is 0.400. The van der Waals surface area contributed by atoms with Crippen molar-refractivity contribution < 1.29 is 14.2 Å². The van der Waals surface area contributed by atoms with Crippen LogP contribution in [0.25, 0.3) is 16.6 Å². The van der Waals surface area contributed by atoms with E-state index in [9.17, 15) is 0 Å². The molecule has 0 spiro atoms. The molecule has 4 aromatic rings. The van der Waals surface area contributed by atoms with Crippen LogP contribution in [0.5, 0.6) is 17.2 Å². The van der Waals surface area contributed by atoms with E-state index in [1.807, 2.05) is 40.9 Å².